The van der Waals surface area contributed by atoms with E-state index >= 15 is 0 Å². The summed E-state index contributed by atoms with van der Waals surface area (Å²) in [5.41, 5.74) is 8.86. The quantitative estimate of drug-likeness (QED) is 0.513. The smallest absolute Gasteiger partial charge is 0.277 e. The van der Waals surface area contributed by atoms with Gasteiger partial charge in [0.15, 0.2) is 0 Å². The lowest BCUT2D eigenvalue weighted by Crippen LogP contribution is -1.93. The normalized spacial score (nSPS) is 10.8. The fraction of sp³-hybridized carbons (Fsp3) is 0.0667. The molecule has 0 heterocycles. The van der Waals surface area contributed by atoms with Crippen molar-refractivity contribution in [3.63, 3.8) is 0 Å². The number of nitrogens with two attached hydrogens (primary N) is 1. The van der Waals surface area contributed by atoms with E-state index in [2.05, 4.69) is 0 Å². The maximum atomic E-state index is 11.0. The van der Waals surface area contributed by atoms with Gasteiger partial charge in [0, 0.05) is 11.8 Å². The van der Waals surface area contributed by atoms with Gasteiger partial charge in [-0.15, -0.1) is 0 Å². The van der Waals surface area contributed by atoms with Gasteiger partial charge in [-0.25, -0.2) is 0 Å². The molecule has 2 rings (SSSR count). The standard InChI is InChI=1S/C15H14N2O2/c1-2-5-12-10-11(8-9-14(12)16)13-6-3-4-7-15(13)17(18)19/h2-10H,16H2,1H3/b5-2-. The first-order chi connectivity index (χ1) is 9.13. The molecule has 0 aromatic heterocycles. The van der Waals surface area contributed by atoms with Crippen LogP contribution in [0.3, 0.4) is 0 Å². The molecule has 0 radical (unpaired) electrons. The summed E-state index contributed by atoms with van der Waals surface area (Å²) >= 11 is 0. The minimum Gasteiger partial charge on any atom is -0.398 e. The van der Waals surface area contributed by atoms with Gasteiger partial charge in [-0.05, 0) is 36.2 Å². The van der Waals surface area contributed by atoms with Gasteiger partial charge in [0.05, 0.1) is 10.5 Å². The van der Waals surface area contributed by atoms with Gasteiger partial charge in [-0.1, -0.05) is 30.4 Å². The van der Waals surface area contributed by atoms with Crippen molar-refractivity contribution in [1.29, 1.82) is 0 Å². The lowest BCUT2D eigenvalue weighted by molar-refractivity contribution is -0.384. The van der Waals surface area contributed by atoms with Crippen molar-refractivity contribution in [3.8, 4) is 11.1 Å². The first-order valence-electron chi connectivity index (χ1n) is 5.89. The Hall–Kier alpha value is -2.62. The molecule has 0 saturated heterocycles. The first kappa shape index (κ1) is 12.8. The van der Waals surface area contributed by atoms with Crippen molar-refractivity contribution in [2.45, 2.75) is 6.92 Å². The van der Waals surface area contributed by atoms with Crippen LogP contribution in [0.1, 0.15) is 12.5 Å². The number of nitro benzene ring substituents is 1. The molecule has 0 aliphatic heterocycles. The predicted molar refractivity (Wildman–Crippen MR) is 77.7 cm³/mol. The molecule has 2 aromatic carbocycles. The highest BCUT2D eigenvalue weighted by Crippen LogP contribution is 2.31. The van der Waals surface area contributed by atoms with Gasteiger partial charge < -0.3 is 5.73 Å². The van der Waals surface area contributed by atoms with Crippen LogP contribution in [0.5, 0.6) is 0 Å². The summed E-state index contributed by atoms with van der Waals surface area (Å²) in [6.07, 6.45) is 3.77. The van der Waals surface area contributed by atoms with Gasteiger partial charge in [-0.2, -0.15) is 0 Å². The van der Waals surface area contributed by atoms with E-state index in [9.17, 15) is 10.1 Å². The Kier molecular flexibility index (Phi) is 3.61. The van der Waals surface area contributed by atoms with Gasteiger partial charge in [-0.3, -0.25) is 10.1 Å². The van der Waals surface area contributed by atoms with E-state index in [0.717, 1.165) is 11.1 Å². The first-order valence-corrected chi connectivity index (χ1v) is 5.89. The van der Waals surface area contributed by atoms with Crippen LogP contribution < -0.4 is 5.73 Å². The highest BCUT2D eigenvalue weighted by Gasteiger charge is 2.14. The lowest BCUT2D eigenvalue weighted by atomic mass is 10.0. The summed E-state index contributed by atoms with van der Waals surface area (Å²) < 4.78 is 0. The zero-order valence-corrected chi connectivity index (χ0v) is 10.5. The average molecular weight is 254 g/mol. The number of nitro groups is 1. The van der Waals surface area contributed by atoms with E-state index < -0.39 is 0 Å². The second-order valence-corrected chi connectivity index (χ2v) is 4.12. The second kappa shape index (κ2) is 5.35. The Balaban J connectivity index is 2.59. The van der Waals surface area contributed by atoms with Crippen LogP contribution in [0.15, 0.2) is 48.5 Å². The van der Waals surface area contributed by atoms with E-state index in [0.29, 0.717) is 11.3 Å². The molecule has 4 heteroatoms. The van der Waals surface area contributed by atoms with Crippen molar-refractivity contribution in [1.82, 2.24) is 0 Å². The summed E-state index contributed by atoms with van der Waals surface area (Å²) in [6, 6.07) is 12.1. The lowest BCUT2D eigenvalue weighted by Gasteiger charge is -2.06. The Labute approximate surface area is 111 Å². The van der Waals surface area contributed by atoms with Crippen molar-refractivity contribution in [2.75, 3.05) is 5.73 Å². The molecule has 2 aromatic rings. The molecule has 0 amide bonds. The molecule has 0 saturated carbocycles. The Morgan fingerprint density at radius 2 is 1.95 bits per heavy atom. The van der Waals surface area contributed by atoms with Crippen molar-refractivity contribution < 1.29 is 4.92 Å². The van der Waals surface area contributed by atoms with E-state index in [1.807, 2.05) is 25.1 Å². The maximum Gasteiger partial charge on any atom is 0.277 e. The highest BCUT2D eigenvalue weighted by atomic mass is 16.6. The molecule has 0 fully saturated rings. The van der Waals surface area contributed by atoms with Gasteiger partial charge in [0.1, 0.15) is 0 Å². The number of hydrogen-bond donors (Lipinski definition) is 1. The molecular weight excluding hydrogens is 240 g/mol. The summed E-state index contributed by atoms with van der Waals surface area (Å²) in [4.78, 5) is 10.7. The molecule has 19 heavy (non-hydrogen) atoms. The largest absolute Gasteiger partial charge is 0.398 e. The molecular formula is C15H14N2O2. The summed E-state index contributed by atoms with van der Waals surface area (Å²) in [5, 5.41) is 11.0. The second-order valence-electron chi connectivity index (χ2n) is 4.12. The number of benzene rings is 2. The van der Waals surface area contributed by atoms with Gasteiger partial charge in [0.2, 0.25) is 0 Å². The Morgan fingerprint density at radius 3 is 2.63 bits per heavy atom. The number of nitrogens with zero attached hydrogens (tertiary/aromatic N) is 1. The molecule has 0 aliphatic carbocycles. The van der Waals surface area contributed by atoms with E-state index in [1.54, 1.807) is 30.3 Å². The van der Waals surface area contributed by atoms with Crippen LogP contribution in [-0.4, -0.2) is 4.92 Å². The fourth-order valence-electron chi connectivity index (χ4n) is 1.94. The number of rotatable bonds is 3. The number of hydrogen-bond acceptors (Lipinski definition) is 3. The van der Waals surface area contributed by atoms with Crippen LogP contribution >= 0.6 is 0 Å². The minimum absolute atomic E-state index is 0.0960. The zero-order valence-electron chi connectivity index (χ0n) is 10.5. The average Bonchev–Trinajstić information content (AvgIpc) is 2.41. The van der Waals surface area contributed by atoms with E-state index in [1.165, 1.54) is 6.07 Å². The molecule has 0 aliphatic rings. The van der Waals surface area contributed by atoms with E-state index in [-0.39, 0.29) is 10.6 Å². The van der Waals surface area contributed by atoms with E-state index in [4.69, 9.17) is 5.73 Å². The third-order valence-electron chi connectivity index (χ3n) is 2.84. The molecule has 2 N–H and O–H groups in total. The summed E-state index contributed by atoms with van der Waals surface area (Å²) in [6.45, 7) is 1.90. The summed E-state index contributed by atoms with van der Waals surface area (Å²) in [7, 11) is 0. The van der Waals surface area contributed by atoms with Crippen LogP contribution in [0, 0.1) is 10.1 Å². The molecule has 4 nitrogen and oxygen atoms in total. The van der Waals surface area contributed by atoms with Crippen LogP contribution in [0.25, 0.3) is 17.2 Å². The number of para-hydroxylation sites is 1. The SMILES string of the molecule is C/C=C\c1cc(-c2ccccc2[N+](=O)[O-])ccc1N. The zero-order chi connectivity index (χ0) is 13.8. The number of anilines is 1. The number of nitrogen functional groups attached to an aromatic ring is 1. The molecule has 0 bridgehead atoms. The topological polar surface area (TPSA) is 69.2 Å². The van der Waals surface area contributed by atoms with Gasteiger partial charge in [0.25, 0.3) is 5.69 Å². The maximum absolute atomic E-state index is 11.0. The third kappa shape index (κ3) is 2.63. The Bertz CT molecular complexity index is 648. The minimum atomic E-state index is -0.374. The van der Waals surface area contributed by atoms with Crippen molar-refractivity contribution in [2.24, 2.45) is 0 Å². The Morgan fingerprint density at radius 1 is 1.21 bits per heavy atom. The third-order valence-corrected chi connectivity index (χ3v) is 2.84. The fourth-order valence-corrected chi connectivity index (χ4v) is 1.94. The molecule has 0 atom stereocenters. The monoisotopic (exact) mass is 254 g/mol. The predicted octanol–water partition coefficient (Wildman–Crippen LogP) is 3.88. The van der Waals surface area contributed by atoms with Crippen LogP contribution in [-0.2, 0) is 0 Å². The number of allylic oxidation sites excluding steroid dienone is 1. The van der Waals surface area contributed by atoms with Crippen LogP contribution in [0.4, 0.5) is 11.4 Å². The molecule has 96 valence electrons. The van der Waals surface area contributed by atoms with Crippen molar-refractivity contribution >= 4 is 17.5 Å². The summed E-state index contributed by atoms with van der Waals surface area (Å²) in [5.74, 6) is 0. The molecule has 0 unspecified atom stereocenters. The van der Waals surface area contributed by atoms with Gasteiger partial charge >= 0.3 is 0 Å². The van der Waals surface area contributed by atoms with Crippen LogP contribution in [0.2, 0.25) is 0 Å². The highest BCUT2D eigenvalue weighted by molar-refractivity contribution is 5.78. The molecule has 0 spiro atoms. The van der Waals surface area contributed by atoms with Crippen molar-refractivity contribution in [3.05, 3.63) is 64.2 Å².